The molecule has 1 aromatic carbocycles. The third-order valence-electron chi connectivity index (χ3n) is 4.60. The van der Waals surface area contributed by atoms with Crippen molar-refractivity contribution in [3.8, 4) is 5.75 Å². The van der Waals surface area contributed by atoms with Gasteiger partial charge in [-0.3, -0.25) is 0 Å². The lowest BCUT2D eigenvalue weighted by Gasteiger charge is -2.43. The van der Waals surface area contributed by atoms with Gasteiger partial charge in [0, 0.05) is 12.8 Å². The normalized spacial score (nSPS) is 24.7. The number of aromatic carboxylic acids is 1. The van der Waals surface area contributed by atoms with E-state index in [1.54, 1.807) is 18.2 Å². The molecule has 4 nitrogen and oxygen atoms in total. The molecule has 2 aliphatic rings. The topological polar surface area (TPSA) is 55.8 Å². The fourth-order valence-corrected chi connectivity index (χ4v) is 3.52. The van der Waals surface area contributed by atoms with E-state index in [4.69, 9.17) is 14.6 Å². The molecule has 0 bridgehead atoms. The van der Waals surface area contributed by atoms with Gasteiger partial charge in [0.25, 0.3) is 0 Å². The molecule has 0 amide bonds. The Hall–Kier alpha value is -1.55. The van der Waals surface area contributed by atoms with Gasteiger partial charge >= 0.3 is 5.97 Å². The van der Waals surface area contributed by atoms with E-state index >= 15 is 0 Å². The quantitative estimate of drug-likeness (QED) is 0.923. The molecule has 1 atom stereocenters. The maximum Gasteiger partial charge on any atom is 0.335 e. The predicted octanol–water partition coefficient (Wildman–Crippen LogP) is 3.65. The van der Waals surface area contributed by atoms with Crippen LogP contribution in [0.5, 0.6) is 5.75 Å². The van der Waals surface area contributed by atoms with Gasteiger partial charge in [0.1, 0.15) is 11.9 Å². The van der Waals surface area contributed by atoms with Gasteiger partial charge in [-0.05, 0) is 31.0 Å². The predicted molar refractivity (Wildman–Crippen MR) is 78.8 cm³/mol. The number of rotatable bonds is 3. The molecule has 1 aliphatic heterocycles. The summed E-state index contributed by atoms with van der Waals surface area (Å²) in [6, 6.07) is 6.75. The minimum absolute atomic E-state index is 0.00553. The fourth-order valence-electron chi connectivity index (χ4n) is 3.52. The van der Waals surface area contributed by atoms with Crippen molar-refractivity contribution >= 4 is 5.97 Å². The van der Waals surface area contributed by atoms with Gasteiger partial charge in [0.05, 0.1) is 17.8 Å². The third kappa shape index (κ3) is 3.38. The minimum atomic E-state index is -0.920. The molecule has 1 saturated carbocycles. The van der Waals surface area contributed by atoms with E-state index in [0.29, 0.717) is 5.75 Å². The summed E-state index contributed by atoms with van der Waals surface area (Å²) >= 11 is 0. The van der Waals surface area contributed by atoms with Crippen molar-refractivity contribution in [2.45, 2.75) is 56.7 Å². The second kappa shape index (κ2) is 6.06. The SMILES string of the molecule is O=C(O)c1cccc(OC2CCOC3(CCCCC3)C2)c1. The van der Waals surface area contributed by atoms with Crippen LogP contribution in [0.2, 0.25) is 0 Å². The summed E-state index contributed by atoms with van der Waals surface area (Å²) in [5.41, 5.74) is 0.276. The van der Waals surface area contributed by atoms with Crippen LogP contribution in [0.15, 0.2) is 24.3 Å². The van der Waals surface area contributed by atoms with Crippen molar-refractivity contribution in [1.82, 2.24) is 0 Å². The first-order chi connectivity index (χ1) is 10.2. The summed E-state index contributed by atoms with van der Waals surface area (Å²) in [6.45, 7) is 0.739. The number of carboxylic acids is 1. The number of carbonyl (C=O) groups is 1. The highest BCUT2D eigenvalue weighted by atomic mass is 16.5. The molecule has 21 heavy (non-hydrogen) atoms. The van der Waals surface area contributed by atoms with Crippen LogP contribution < -0.4 is 4.74 Å². The summed E-state index contributed by atoms with van der Waals surface area (Å²) in [6.07, 6.45) is 7.95. The number of ether oxygens (including phenoxy) is 2. The molecule has 1 aliphatic carbocycles. The van der Waals surface area contributed by atoms with Crippen molar-refractivity contribution in [3.05, 3.63) is 29.8 Å². The Morgan fingerprint density at radius 1 is 1.29 bits per heavy atom. The molecule has 4 heteroatoms. The zero-order valence-corrected chi connectivity index (χ0v) is 12.2. The molecule has 114 valence electrons. The summed E-state index contributed by atoms with van der Waals surface area (Å²) in [5, 5.41) is 9.04. The third-order valence-corrected chi connectivity index (χ3v) is 4.60. The van der Waals surface area contributed by atoms with E-state index in [0.717, 1.165) is 32.3 Å². The molecule has 0 aromatic heterocycles. The van der Waals surface area contributed by atoms with E-state index in [9.17, 15) is 4.79 Å². The van der Waals surface area contributed by atoms with Gasteiger partial charge in [-0.2, -0.15) is 0 Å². The summed E-state index contributed by atoms with van der Waals surface area (Å²) in [5.74, 6) is -0.274. The Labute approximate surface area is 125 Å². The van der Waals surface area contributed by atoms with Crippen LogP contribution in [0.3, 0.4) is 0 Å². The van der Waals surface area contributed by atoms with E-state index in [-0.39, 0.29) is 17.3 Å². The minimum Gasteiger partial charge on any atom is -0.490 e. The van der Waals surface area contributed by atoms with Gasteiger partial charge in [0.15, 0.2) is 0 Å². The van der Waals surface area contributed by atoms with Gasteiger partial charge in [0.2, 0.25) is 0 Å². The Balaban J connectivity index is 1.67. The first kappa shape index (κ1) is 14.4. The molecular weight excluding hydrogens is 268 g/mol. The number of carboxylic acid groups (broad SMARTS) is 1. The second-order valence-corrected chi connectivity index (χ2v) is 6.16. The molecule has 3 rings (SSSR count). The molecule has 1 heterocycles. The zero-order chi connectivity index (χ0) is 14.7. The summed E-state index contributed by atoms with van der Waals surface area (Å²) in [4.78, 5) is 11.0. The lowest BCUT2D eigenvalue weighted by atomic mass is 9.79. The second-order valence-electron chi connectivity index (χ2n) is 6.16. The van der Waals surface area contributed by atoms with Crippen LogP contribution in [-0.4, -0.2) is 29.4 Å². The average Bonchev–Trinajstić information content (AvgIpc) is 2.48. The van der Waals surface area contributed by atoms with Crippen LogP contribution in [0.4, 0.5) is 0 Å². The largest absolute Gasteiger partial charge is 0.490 e. The Morgan fingerprint density at radius 3 is 2.86 bits per heavy atom. The van der Waals surface area contributed by atoms with Crippen LogP contribution in [0, 0.1) is 0 Å². The number of hydrogen-bond donors (Lipinski definition) is 1. The highest BCUT2D eigenvalue weighted by Crippen LogP contribution is 2.39. The van der Waals surface area contributed by atoms with Gasteiger partial charge < -0.3 is 14.6 Å². The standard InChI is InChI=1S/C17H22O4/c18-16(19)13-5-4-6-14(11-13)21-15-7-10-20-17(12-15)8-2-1-3-9-17/h4-6,11,15H,1-3,7-10,12H2,(H,18,19). The van der Waals surface area contributed by atoms with E-state index < -0.39 is 5.97 Å². The number of benzene rings is 1. The maximum atomic E-state index is 11.0. The van der Waals surface area contributed by atoms with Crippen molar-refractivity contribution in [2.75, 3.05) is 6.61 Å². The van der Waals surface area contributed by atoms with Gasteiger partial charge in [-0.15, -0.1) is 0 Å². The van der Waals surface area contributed by atoms with Crippen molar-refractivity contribution in [3.63, 3.8) is 0 Å². The number of hydrogen-bond acceptors (Lipinski definition) is 3. The highest BCUT2D eigenvalue weighted by molar-refractivity contribution is 5.87. The van der Waals surface area contributed by atoms with Crippen molar-refractivity contribution in [2.24, 2.45) is 0 Å². The van der Waals surface area contributed by atoms with E-state index in [2.05, 4.69) is 0 Å². The van der Waals surface area contributed by atoms with Gasteiger partial charge in [-0.1, -0.05) is 25.3 Å². The fraction of sp³-hybridized carbons (Fsp3) is 0.588. The first-order valence-electron chi connectivity index (χ1n) is 7.81. The summed E-state index contributed by atoms with van der Waals surface area (Å²) in [7, 11) is 0. The molecule has 2 fully saturated rings. The van der Waals surface area contributed by atoms with Crippen LogP contribution in [-0.2, 0) is 4.74 Å². The van der Waals surface area contributed by atoms with E-state index in [1.807, 2.05) is 6.07 Å². The Morgan fingerprint density at radius 2 is 2.10 bits per heavy atom. The molecule has 1 spiro atoms. The van der Waals surface area contributed by atoms with Crippen LogP contribution in [0.1, 0.15) is 55.3 Å². The van der Waals surface area contributed by atoms with Crippen LogP contribution >= 0.6 is 0 Å². The molecule has 0 radical (unpaired) electrons. The van der Waals surface area contributed by atoms with Crippen molar-refractivity contribution < 1.29 is 19.4 Å². The molecule has 1 unspecified atom stereocenters. The van der Waals surface area contributed by atoms with Crippen molar-refractivity contribution in [1.29, 1.82) is 0 Å². The maximum absolute atomic E-state index is 11.0. The average molecular weight is 290 g/mol. The zero-order valence-electron chi connectivity index (χ0n) is 12.2. The summed E-state index contributed by atoms with van der Waals surface area (Å²) < 4.78 is 12.1. The lowest BCUT2D eigenvalue weighted by molar-refractivity contribution is -0.129. The van der Waals surface area contributed by atoms with E-state index in [1.165, 1.54) is 19.3 Å². The highest BCUT2D eigenvalue weighted by Gasteiger charge is 2.39. The first-order valence-corrected chi connectivity index (χ1v) is 7.81. The Kier molecular flexibility index (Phi) is 4.15. The van der Waals surface area contributed by atoms with Gasteiger partial charge in [-0.25, -0.2) is 4.79 Å². The monoisotopic (exact) mass is 290 g/mol. The molecule has 1 N–H and O–H groups in total. The lowest BCUT2D eigenvalue weighted by Crippen LogP contribution is -2.45. The molecule has 1 saturated heterocycles. The Bertz CT molecular complexity index is 500. The van der Waals surface area contributed by atoms with Crippen LogP contribution in [0.25, 0.3) is 0 Å². The smallest absolute Gasteiger partial charge is 0.335 e. The molecular formula is C17H22O4. The molecule has 1 aromatic rings.